The molecule has 14 heteroatoms. The van der Waals surface area contributed by atoms with Crippen LogP contribution in [0, 0.1) is 0 Å². The monoisotopic (exact) mass is 611 g/mol. The number of anilines is 3. The number of benzene rings is 3. The van der Waals surface area contributed by atoms with Gasteiger partial charge in [0, 0.05) is 36.4 Å². The van der Waals surface area contributed by atoms with Crippen LogP contribution in [-0.2, 0) is 31.4 Å². The first-order valence-corrected chi connectivity index (χ1v) is 13.0. The summed E-state index contributed by atoms with van der Waals surface area (Å²) in [4.78, 5) is 42.1. The Bertz CT molecular complexity index is 1710. The van der Waals surface area contributed by atoms with Crippen LogP contribution in [0.25, 0.3) is 10.8 Å². The summed E-state index contributed by atoms with van der Waals surface area (Å²) < 4.78 is 56.9. The molecule has 0 saturated carbocycles. The molecule has 1 atom stereocenters. The highest BCUT2D eigenvalue weighted by molar-refractivity contribution is 5.96. The van der Waals surface area contributed by atoms with Gasteiger partial charge in [0.2, 0.25) is 5.91 Å². The Kier molecular flexibility index (Phi) is 9.12. The number of carbonyl (C=O) groups excluding carboxylic acids is 3. The van der Waals surface area contributed by atoms with E-state index < -0.39 is 23.8 Å². The summed E-state index contributed by atoms with van der Waals surface area (Å²) in [5.74, 6) is -3.91. The van der Waals surface area contributed by atoms with Crippen LogP contribution in [0.3, 0.4) is 0 Å². The first-order valence-electron chi connectivity index (χ1n) is 13.0. The number of methoxy groups -OCH3 is 2. The number of carbonyl (C=O) groups is 3. The number of hydrogen-bond acceptors (Lipinski definition) is 9. The van der Waals surface area contributed by atoms with Crippen LogP contribution in [-0.4, -0.2) is 43.2 Å². The summed E-state index contributed by atoms with van der Waals surface area (Å²) in [6, 6.07) is 16.5. The Morgan fingerprint density at radius 3 is 2.39 bits per heavy atom. The van der Waals surface area contributed by atoms with E-state index in [-0.39, 0.29) is 41.0 Å². The van der Waals surface area contributed by atoms with Crippen LogP contribution in [0.5, 0.6) is 11.5 Å². The van der Waals surface area contributed by atoms with Crippen molar-refractivity contribution in [2.45, 2.75) is 25.4 Å². The van der Waals surface area contributed by atoms with E-state index in [0.717, 1.165) is 0 Å². The lowest BCUT2D eigenvalue weighted by Gasteiger charge is -2.35. The minimum Gasteiger partial charge on any atom is -0.497 e. The van der Waals surface area contributed by atoms with Crippen LogP contribution in [0.1, 0.15) is 18.1 Å². The topological polar surface area (TPSA) is 154 Å². The molecule has 0 saturated heterocycles. The minimum absolute atomic E-state index is 0.0887. The number of nitrogens with two attached hydrogens (primary N) is 1. The van der Waals surface area contributed by atoms with Crippen molar-refractivity contribution >= 4 is 45.7 Å². The molecule has 0 aliphatic heterocycles. The summed E-state index contributed by atoms with van der Waals surface area (Å²) in [7, 11) is 2.55. The van der Waals surface area contributed by atoms with Crippen LogP contribution >= 0.6 is 0 Å². The van der Waals surface area contributed by atoms with Crippen molar-refractivity contribution in [2.24, 2.45) is 0 Å². The molecular formula is C30H28F3N5O6. The number of pyridine rings is 1. The van der Waals surface area contributed by atoms with E-state index in [4.69, 9.17) is 19.9 Å². The summed E-state index contributed by atoms with van der Waals surface area (Å²) in [6.45, 7) is 1.09. The average molecular weight is 612 g/mol. The molecule has 11 nitrogen and oxygen atoms in total. The van der Waals surface area contributed by atoms with Gasteiger partial charge in [-0.15, -0.1) is 0 Å². The van der Waals surface area contributed by atoms with E-state index >= 15 is 0 Å². The van der Waals surface area contributed by atoms with E-state index in [1.807, 2.05) is 0 Å². The van der Waals surface area contributed by atoms with Gasteiger partial charge in [-0.1, -0.05) is 12.1 Å². The number of alkyl halides is 3. The lowest BCUT2D eigenvalue weighted by atomic mass is 9.98. The largest absolute Gasteiger partial charge is 0.497 e. The number of nitrogens with zero attached hydrogens (tertiary/aromatic N) is 1. The fourth-order valence-corrected chi connectivity index (χ4v) is 4.41. The highest BCUT2D eigenvalue weighted by Crippen LogP contribution is 2.39. The lowest BCUT2D eigenvalue weighted by molar-refractivity contribution is -0.213. The zero-order valence-corrected chi connectivity index (χ0v) is 23.7. The number of esters is 1. The molecular weight excluding hydrogens is 583 g/mol. The normalized spacial score (nSPS) is 12.5. The number of ether oxygens (including phenoxy) is 3. The third-order valence-electron chi connectivity index (χ3n) is 6.40. The van der Waals surface area contributed by atoms with Gasteiger partial charge >= 0.3 is 12.1 Å². The summed E-state index contributed by atoms with van der Waals surface area (Å²) in [5.41, 5.74) is 3.79. The Morgan fingerprint density at radius 2 is 1.70 bits per heavy atom. The molecule has 3 aromatic carbocycles. The van der Waals surface area contributed by atoms with Crippen molar-refractivity contribution in [3.8, 4) is 11.5 Å². The number of rotatable bonds is 10. The number of nitrogens with one attached hydrogen (secondary N) is 3. The van der Waals surface area contributed by atoms with Gasteiger partial charge in [0.1, 0.15) is 17.3 Å². The molecule has 4 aromatic rings. The molecule has 230 valence electrons. The molecule has 1 unspecified atom stereocenters. The first kappa shape index (κ1) is 31.4. The fraction of sp³-hybridized carbons (Fsp3) is 0.200. The minimum atomic E-state index is -5.48. The van der Waals surface area contributed by atoms with Crippen LogP contribution in [0.4, 0.5) is 30.4 Å². The van der Waals surface area contributed by atoms with Gasteiger partial charge in [-0.2, -0.15) is 13.2 Å². The second-order valence-electron chi connectivity index (χ2n) is 9.46. The second kappa shape index (κ2) is 12.8. The van der Waals surface area contributed by atoms with Crippen molar-refractivity contribution in [1.82, 2.24) is 10.3 Å². The number of fused-ring (bicyclic) bond motifs is 1. The molecule has 4 rings (SSSR count). The lowest BCUT2D eigenvalue weighted by Crippen LogP contribution is -2.54. The smallest absolute Gasteiger partial charge is 0.491 e. The molecule has 0 aliphatic carbocycles. The Labute approximate surface area is 249 Å². The Morgan fingerprint density at radius 1 is 0.932 bits per heavy atom. The third-order valence-corrected chi connectivity index (χ3v) is 6.40. The molecule has 2 amide bonds. The average Bonchev–Trinajstić information content (AvgIpc) is 2.98. The number of hydrogen-bond donors (Lipinski definition) is 4. The van der Waals surface area contributed by atoms with Gasteiger partial charge in [0.05, 0.1) is 19.8 Å². The quantitative estimate of drug-likeness (QED) is 0.150. The third kappa shape index (κ3) is 6.91. The molecule has 0 spiro atoms. The zero-order chi connectivity index (χ0) is 32.1. The molecule has 0 bridgehead atoms. The predicted octanol–water partition coefficient (Wildman–Crippen LogP) is 4.48. The first-order chi connectivity index (χ1) is 20.9. The molecule has 44 heavy (non-hydrogen) atoms. The number of amides is 2. The van der Waals surface area contributed by atoms with E-state index in [1.165, 1.54) is 57.7 Å². The predicted molar refractivity (Wildman–Crippen MR) is 156 cm³/mol. The van der Waals surface area contributed by atoms with Crippen molar-refractivity contribution in [2.75, 3.05) is 30.6 Å². The maximum absolute atomic E-state index is 14.1. The van der Waals surface area contributed by atoms with Gasteiger partial charge in [0.25, 0.3) is 11.6 Å². The molecule has 0 fully saturated rings. The van der Waals surface area contributed by atoms with E-state index in [2.05, 4.69) is 20.9 Å². The number of nitrogen functional groups attached to an aromatic ring is 1. The highest BCUT2D eigenvalue weighted by atomic mass is 19.4. The summed E-state index contributed by atoms with van der Waals surface area (Å²) in [6.07, 6.45) is -4.04. The van der Waals surface area contributed by atoms with Crippen molar-refractivity contribution in [3.63, 3.8) is 0 Å². The van der Waals surface area contributed by atoms with E-state index in [1.54, 1.807) is 36.4 Å². The van der Waals surface area contributed by atoms with E-state index in [9.17, 15) is 27.6 Å². The maximum Gasteiger partial charge on any atom is 0.491 e. The number of halogens is 3. The van der Waals surface area contributed by atoms with Crippen LogP contribution in [0.15, 0.2) is 72.9 Å². The summed E-state index contributed by atoms with van der Waals surface area (Å²) >= 11 is 0. The summed E-state index contributed by atoms with van der Waals surface area (Å²) in [5, 5.41) is 8.94. The van der Waals surface area contributed by atoms with Gasteiger partial charge < -0.3 is 35.9 Å². The van der Waals surface area contributed by atoms with Crippen molar-refractivity contribution in [3.05, 3.63) is 84.1 Å². The second-order valence-corrected chi connectivity index (χ2v) is 9.46. The van der Waals surface area contributed by atoms with Crippen molar-refractivity contribution in [1.29, 1.82) is 0 Å². The van der Waals surface area contributed by atoms with Gasteiger partial charge in [-0.25, -0.2) is 9.78 Å². The van der Waals surface area contributed by atoms with E-state index in [0.29, 0.717) is 22.0 Å². The van der Waals surface area contributed by atoms with Crippen molar-refractivity contribution < 1.29 is 41.8 Å². The fourth-order valence-electron chi connectivity index (χ4n) is 4.41. The molecule has 0 aliphatic rings. The molecule has 0 radical (unpaired) electrons. The molecule has 1 aromatic heterocycles. The molecule has 5 N–H and O–H groups in total. The molecule has 1 heterocycles. The zero-order valence-electron chi connectivity index (χ0n) is 23.7. The maximum atomic E-state index is 14.1. The number of aromatic nitrogens is 1. The Hall–Kier alpha value is -5.53. The van der Waals surface area contributed by atoms with Gasteiger partial charge in [0.15, 0.2) is 0 Å². The van der Waals surface area contributed by atoms with Crippen LogP contribution < -0.4 is 31.2 Å². The van der Waals surface area contributed by atoms with Gasteiger partial charge in [-0.3, -0.25) is 9.59 Å². The SMILES string of the molecule is COc1ccc(OC)c(C(Nc2ccc3c(N)nccc3c2)(OC(=O)C(F)(F)F)C(=O)NCc2cccc(NC(C)=O)c2)c1. The Balaban J connectivity index is 1.88. The highest BCUT2D eigenvalue weighted by Gasteiger charge is 2.53. The van der Waals surface area contributed by atoms with Gasteiger partial charge in [-0.05, 0) is 65.5 Å². The van der Waals surface area contributed by atoms with Crippen LogP contribution in [0.2, 0.25) is 0 Å². The standard InChI is InChI=1S/C30H28F3N5O6/c1-17(39)37-20-6-4-5-18(13-20)16-36-27(40)29(44-28(41)30(31,32)33,24-15-22(42-2)8-10-25(24)43-3)38-21-7-9-23-19(14-21)11-12-35-26(23)34/h4-15,38H,16H2,1-3H3,(H2,34,35)(H,36,40)(H,37,39).